The summed E-state index contributed by atoms with van der Waals surface area (Å²) in [5.74, 6) is 2.16. The van der Waals surface area contributed by atoms with Crippen LogP contribution in [0.5, 0.6) is 0 Å². The quantitative estimate of drug-likeness (QED) is 0.717. The van der Waals surface area contributed by atoms with Crippen LogP contribution in [-0.2, 0) is 0 Å². The third-order valence-corrected chi connectivity index (χ3v) is 4.38. The predicted molar refractivity (Wildman–Crippen MR) is 86.1 cm³/mol. The van der Waals surface area contributed by atoms with Gasteiger partial charge < -0.3 is 10.4 Å². The van der Waals surface area contributed by atoms with Gasteiger partial charge in [-0.2, -0.15) is 11.8 Å². The molecule has 1 rings (SSSR count). The first-order valence-electron chi connectivity index (χ1n) is 7.06. The monoisotopic (exact) mass is 281 g/mol. The minimum atomic E-state index is 0.304. The van der Waals surface area contributed by atoms with E-state index in [1.54, 1.807) is 0 Å². The van der Waals surface area contributed by atoms with Crippen molar-refractivity contribution < 1.29 is 5.11 Å². The Kier molecular flexibility index (Phi) is 7.51. The number of thioether (sulfide) groups is 1. The fourth-order valence-electron chi connectivity index (χ4n) is 2.59. The molecular formula is C16H27NOS. The molecule has 1 atom stereocenters. The van der Waals surface area contributed by atoms with Crippen molar-refractivity contribution in [1.29, 1.82) is 0 Å². The highest BCUT2D eigenvalue weighted by Gasteiger charge is 2.11. The summed E-state index contributed by atoms with van der Waals surface area (Å²) in [6.07, 6.45) is 0.899. The molecule has 0 aromatic heterocycles. The number of aryl methyl sites for hydroxylation is 3. The van der Waals surface area contributed by atoms with Gasteiger partial charge in [-0.05, 0) is 56.6 Å². The molecule has 108 valence electrons. The molecule has 0 aliphatic heterocycles. The van der Waals surface area contributed by atoms with Gasteiger partial charge in [0.05, 0.1) is 0 Å². The van der Waals surface area contributed by atoms with E-state index in [1.807, 2.05) is 11.8 Å². The van der Waals surface area contributed by atoms with E-state index in [0.717, 1.165) is 24.5 Å². The Bertz CT molecular complexity index is 369. The van der Waals surface area contributed by atoms with Crippen molar-refractivity contribution in [2.24, 2.45) is 0 Å². The summed E-state index contributed by atoms with van der Waals surface area (Å²) in [4.78, 5) is 0. The van der Waals surface area contributed by atoms with E-state index in [2.05, 4.69) is 45.1 Å². The lowest BCUT2D eigenvalue weighted by atomic mass is 9.95. The number of hydrogen-bond acceptors (Lipinski definition) is 3. The summed E-state index contributed by atoms with van der Waals surface area (Å²) in [6, 6.07) is 4.92. The van der Waals surface area contributed by atoms with Crippen LogP contribution in [0.15, 0.2) is 12.1 Å². The van der Waals surface area contributed by atoms with Gasteiger partial charge in [0.2, 0.25) is 0 Å². The van der Waals surface area contributed by atoms with E-state index in [4.69, 9.17) is 5.11 Å². The lowest BCUT2D eigenvalue weighted by molar-refractivity contribution is 0.296. The predicted octanol–water partition coefficient (Wildman–Crippen LogP) is 3.38. The first kappa shape index (κ1) is 16.5. The molecule has 1 unspecified atom stereocenters. The average Bonchev–Trinajstić information content (AvgIpc) is 2.32. The third kappa shape index (κ3) is 5.55. The fourth-order valence-corrected chi connectivity index (χ4v) is 3.39. The zero-order valence-electron chi connectivity index (χ0n) is 12.6. The van der Waals surface area contributed by atoms with Crippen molar-refractivity contribution in [2.75, 3.05) is 24.7 Å². The standard InChI is InChI=1S/C16H27NOS/c1-12-10-13(2)16(14(3)11-12)15(4)17-6-9-19-8-5-7-18/h10-11,15,17-18H,5-9H2,1-4H3. The maximum absolute atomic E-state index is 8.71. The van der Waals surface area contributed by atoms with Crippen LogP contribution in [0, 0.1) is 20.8 Å². The van der Waals surface area contributed by atoms with Crippen molar-refractivity contribution in [3.8, 4) is 0 Å². The molecule has 2 N–H and O–H groups in total. The van der Waals surface area contributed by atoms with Crippen LogP contribution in [0.3, 0.4) is 0 Å². The second-order valence-corrected chi connectivity index (χ2v) is 6.40. The molecule has 0 amide bonds. The highest BCUT2D eigenvalue weighted by molar-refractivity contribution is 7.99. The van der Waals surface area contributed by atoms with E-state index in [0.29, 0.717) is 12.6 Å². The molecule has 0 heterocycles. The number of nitrogens with one attached hydrogen (secondary N) is 1. The van der Waals surface area contributed by atoms with Crippen LogP contribution in [0.4, 0.5) is 0 Å². The van der Waals surface area contributed by atoms with Crippen molar-refractivity contribution in [3.63, 3.8) is 0 Å². The molecule has 0 bridgehead atoms. The highest BCUT2D eigenvalue weighted by atomic mass is 32.2. The number of benzene rings is 1. The van der Waals surface area contributed by atoms with E-state index < -0.39 is 0 Å². The number of hydrogen-bond donors (Lipinski definition) is 2. The summed E-state index contributed by atoms with van der Waals surface area (Å²) >= 11 is 1.90. The Hall–Kier alpha value is -0.510. The van der Waals surface area contributed by atoms with Gasteiger partial charge in [-0.15, -0.1) is 0 Å². The second-order valence-electron chi connectivity index (χ2n) is 5.18. The summed E-state index contributed by atoms with van der Waals surface area (Å²) in [5.41, 5.74) is 5.53. The second kappa shape index (κ2) is 8.62. The van der Waals surface area contributed by atoms with Gasteiger partial charge in [0.1, 0.15) is 0 Å². The zero-order valence-corrected chi connectivity index (χ0v) is 13.4. The normalized spacial score (nSPS) is 12.7. The Balaban J connectivity index is 2.43. The van der Waals surface area contributed by atoms with Gasteiger partial charge in [0.15, 0.2) is 0 Å². The topological polar surface area (TPSA) is 32.3 Å². The van der Waals surface area contributed by atoms with Crippen LogP contribution in [0.25, 0.3) is 0 Å². The molecule has 0 aliphatic rings. The summed E-state index contributed by atoms with van der Waals surface area (Å²) in [6.45, 7) is 10.1. The smallest absolute Gasteiger partial charge is 0.0438 e. The van der Waals surface area contributed by atoms with E-state index in [-0.39, 0.29) is 0 Å². The molecule has 1 aromatic carbocycles. The SMILES string of the molecule is Cc1cc(C)c(C(C)NCCSCCCO)c(C)c1. The van der Waals surface area contributed by atoms with Crippen molar-refractivity contribution in [2.45, 2.75) is 40.2 Å². The molecule has 0 fully saturated rings. The molecule has 0 saturated carbocycles. The molecule has 19 heavy (non-hydrogen) atoms. The largest absolute Gasteiger partial charge is 0.396 e. The summed E-state index contributed by atoms with van der Waals surface area (Å²) in [5, 5.41) is 12.3. The Morgan fingerprint density at radius 1 is 1.16 bits per heavy atom. The van der Waals surface area contributed by atoms with Crippen LogP contribution < -0.4 is 5.32 Å². The molecule has 1 aromatic rings. The van der Waals surface area contributed by atoms with E-state index >= 15 is 0 Å². The van der Waals surface area contributed by atoms with E-state index in [1.165, 1.54) is 22.3 Å². The number of aliphatic hydroxyl groups is 1. The van der Waals surface area contributed by atoms with Gasteiger partial charge in [0.25, 0.3) is 0 Å². The van der Waals surface area contributed by atoms with Gasteiger partial charge in [-0.1, -0.05) is 17.7 Å². The van der Waals surface area contributed by atoms with Gasteiger partial charge in [0, 0.05) is 24.9 Å². The first-order valence-corrected chi connectivity index (χ1v) is 8.21. The first-order chi connectivity index (χ1) is 9.06. The van der Waals surface area contributed by atoms with Crippen molar-refractivity contribution >= 4 is 11.8 Å². The summed E-state index contributed by atoms with van der Waals surface area (Å²) < 4.78 is 0. The molecule has 0 aliphatic carbocycles. The Morgan fingerprint density at radius 3 is 2.37 bits per heavy atom. The van der Waals surface area contributed by atoms with Crippen LogP contribution >= 0.6 is 11.8 Å². The lowest BCUT2D eigenvalue weighted by Gasteiger charge is -2.20. The number of aliphatic hydroxyl groups excluding tert-OH is 1. The minimum absolute atomic E-state index is 0.304. The molecule has 0 spiro atoms. The van der Waals surface area contributed by atoms with E-state index in [9.17, 15) is 0 Å². The van der Waals surface area contributed by atoms with Crippen molar-refractivity contribution in [1.82, 2.24) is 5.32 Å². The average molecular weight is 281 g/mol. The lowest BCUT2D eigenvalue weighted by Crippen LogP contribution is -2.23. The maximum Gasteiger partial charge on any atom is 0.0438 e. The van der Waals surface area contributed by atoms with Crippen LogP contribution in [0.1, 0.15) is 41.6 Å². The Labute approximate surface area is 122 Å². The zero-order chi connectivity index (χ0) is 14.3. The molecule has 0 radical (unpaired) electrons. The fraction of sp³-hybridized carbons (Fsp3) is 0.625. The van der Waals surface area contributed by atoms with Gasteiger partial charge in [-0.25, -0.2) is 0 Å². The highest BCUT2D eigenvalue weighted by Crippen LogP contribution is 2.23. The Morgan fingerprint density at radius 2 is 1.79 bits per heavy atom. The van der Waals surface area contributed by atoms with Gasteiger partial charge >= 0.3 is 0 Å². The third-order valence-electron chi connectivity index (χ3n) is 3.31. The maximum atomic E-state index is 8.71. The van der Waals surface area contributed by atoms with Crippen molar-refractivity contribution in [3.05, 3.63) is 34.4 Å². The molecule has 0 saturated heterocycles. The molecular weight excluding hydrogens is 254 g/mol. The minimum Gasteiger partial charge on any atom is -0.396 e. The molecule has 3 heteroatoms. The molecule has 2 nitrogen and oxygen atoms in total. The summed E-state index contributed by atoms with van der Waals surface area (Å²) in [7, 11) is 0. The van der Waals surface area contributed by atoms with Crippen LogP contribution in [-0.4, -0.2) is 29.8 Å². The number of rotatable bonds is 8. The van der Waals surface area contributed by atoms with Crippen LogP contribution in [0.2, 0.25) is 0 Å². The van der Waals surface area contributed by atoms with Gasteiger partial charge in [-0.3, -0.25) is 0 Å².